The third kappa shape index (κ3) is 7.07. The van der Waals surface area contributed by atoms with Crippen LogP contribution in [0, 0.1) is 50.2 Å². The second-order valence-electron chi connectivity index (χ2n) is 21.6. The molecule has 0 amide bonds. The maximum Gasteiger partial charge on any atom is 0.302 e. The molecule has 6 fully saturated rings. The summed E-state index contributed by atoms with van der Waals surface area (Å²) in [6.07, 6.45) is -7.88. The first-order valence-electron chi connectivity index (χ1n) is 22.3. The van der Waals surface area contributed by atoms with Crippen LogP contribution in [0.25, 0.3) is 0 Å². The SMILES string of the molecule is COC1C=C2C3CC(C)(C)CCC3(CO)C(O)CC2(C)C2(C)CCC3C(C)(CO)C(OC4OC(C)C(O)C(OC5OC(COC(C)=O)C(O)C(O)C5O)C4O)CCC3(C)C12. The Balaban J connectivity index is 1.15. The number of aliphatic hydroxyl groups is 8. The molecule has 8 N–H and O–H groups in total. The van der Waals surface area contributed by atoms with E-state index in [-0.39, 0.29) is 58.7 Å². The van der Waals surface area contributed by atoms with Crippen LogP contribution in [0.1, 0.15) is 107 Å². The number of aliphatic hydroxyl groups excluding tert-OH is 8. The standard InChI is InChI=1S/C45H74O15/c1-22-31(50)36(60-38-34(53)33(52)32(51)27(58-38)19-56-23(2)48)35(54)39(57-22)59-30-11-12-41(5)28(42(30,6)20-46)10-13-43(7)37(41)26(55-9)16-24-25-17-40(3,4)14-15-45(25,21-47)29(49)18-44(24,43)8/h16,22,25-39,46-47,49-54H,10-15,17-21H2,1-9H3. The van der Waals surface area contributed by atoms with E-state index >= 15 is 0 Å². The van der Waals surface area contributed by atoms with Crippen molar-refractivity contribution < 1.29 is 74.1 Å². The molecule has 60 heavy (non-hydrogen) atoms. The predicted octanol–water partition coefficient (Wildman–Crippen LogP) is 1.96. The summed E-state index contributed by atoms with van der Waals surface area (Å²) < 4.78 is 35.9. The van der Waals surface area contributed by atoms with Gasteiger partial charge in [-0.15, -0.1) is 0 Å². The number of hydrogen-bond donors (Lipinski definition) is 8. The van der Waals surface area contributed by atoms with Crippen molar-refractivity contribution in [3.05, 3.63) is 11.6 Å². The number of carbonyl (C=O) groups excluding carboxylic acids is 1. The number of carbonyl (C=O) groups is 1. The summed E-state index contributed by atoms with van der Waals surface area (Å²) in [6, 6.07) is 0. The first-order valence-corrected chi connectivity index (χ1v) is 22.3. The highest BCUT2D eigenvalue weighted by atomic mass is 16.7. The molecule has 0 aromatic carbocycles. The largest absolute Gasteiger partial charge is 0.463 e. The zero-order valence-corrected chi connectivity index (χ0v) is 37.0. The predicted molar refractivity (Wildman–Crippen MR) is 215 cm³/mol. The fourth-order valence-electron chi connectivity index (χ4n) is 14.2. The Kier molecular flexibility index (Phi) is 12.7. The highest BCUT2D eigenvalue weighted by molar-refractivity contribution is 5.65. The van der Waals surface area contributed by atoms with Crippen LogP contribution in [-0.4, -0.2) is 153 Å². The average Bonchev–Trinajstić information content (AvgIpc) is 3.19. The van der Waals surface area contributed by atoms with Gasteiger partial charge < -0.3 is 69.3 Å². The molecule has 15 nitrogen and oxygen atoms in total. The molecule has 0 spiro atoms. The highest BCUT2D eigenvalue weighted by Crippen LogP contribution is 2.76. The van der Waals surface area contributed by atoms with E-state index in [0.717, 1.165) is 32.1 Å². The van der Waals surface area contributed by atoms with Crippen LogP contribution in [0.15, 0.2) is 11.6 Å². The number of fused-ring (bicyclic) bond motifs is 7. The van der Waals surface area contributed by atoms with E-state index < -0.39 is 97.0 Å². The number of rotatable bonds is 9. The van der Waals surface area contributed by atoms with Crippen molar-refractivity contribution in [1.29, 1.82) is 0 Å². The topological polar surface area (TPSA) is 234 Å². The van der Waals surface area contributed by atoms with Gasteiger partial charge in [-0.05, 0) is 91.8 Å². The van der Waals surface area contributed by atoms with Crippen molar-refractivity contribution >= 4 is 5.97 Å². The van der Waals surface area contributed by atoms with Gasteiger partial charge in [0.05, 0.1) is 37.6 Å². The Morgan fingerprint density at radius 3 is 2.12 bits per heavy atom. The molecule has 0 aromatic heterocycles. The fourth-order valence-corrected chi connectivity index (χ4v) is 14.2. The van der Waals surface area contributed by atoms with E-state index in [1.165, 1.54) is 12.5 Å². The Bertz CT molecular complexity index is 1610. The summed E-state index contributed by atoms with van der Waals surface area (Å²) in [6.45, 7) is 15.7. The molecular formula is C45H74O15. The van der Waals surface area contributed by atoms with Gasteiger partial charge in [0.25, 0.3) is 0 Å². The minimum absolute atomic E-state index is 0.0182. The van der Waals surface area contributed by atoms with Gasteiger partial charge in [-0.3, -0.25) is 4.79 Å². The summed E-state index contributed by atoms with van der Waals surface area (Å²) in [7, 11) is 1.77. The number of esters is 1. The van der Waals surface area contributed by atoms with Crippen molar-refractivity contribution in [3.8, 4) is 0 Å². The smallest absolute Gasteiger partial charge is 0.302 e. The monoisotopic (exact) mass is 855 g/mol. The molecular weight excluding hydrogens is 780 g/mol. The molecule has 2 aliphatic heterocycles. The Morgan fingerprint density at radius 2 is 1.48 bits per heavy atom. The van der Waals surface area contributed by atoms with Gasteiger partial charge in [-0.2, -0.15) is 0 Å². The average molecular weight is 855 g/mol. The second-order valence-corrected chi connectivity index (χ2v) is 21.6. The molecule has 0 aromatic rings. The van der Waals surface area contributed by atoms with E-state index in [2.05, 4.69) is 40.7 Å². The van der Waals surface area contributed by atoms with Crippen LogP contribution >= 0.6 is 0 Å². The van der Waals surface area contributed by atoms with E-state index in [1.54, 1.807) is 14.0 Å². The van der Waals surface area contributed by atoms with Crippen molar-refractivity contribution in [1.82, 2.24) is 0 Å². The van der Waals surface area contributed by atoms with E-state index in [9.17, 15) is 45.6 Å². The number of allylic oxidation sites excluding steroid dienone is 1. The fraction of sp³-hybridized carbons (Fsp3) is 0.933. The summed E-state index contributed by atoms with van der Waals surface area (Å²) >= 11 is 0. The van der Waals surface area contributed by atoms with Crippen LogP contribution < -0.4 is 0 Å². The zero-order valence-electron chi connectivity index (χ0n) is 37.0. The van der Waals surface area contributed by atoms with Gasteiger partial charge in [0.1, 0.15) is 49.3 Å². The lowest BCUT2D eigenvalue weighted by atomic mass is 9.32. The van der Waals surface area contributed by atoms with Crippen LogP contribution in [-0.2, 0) is 33.2 Å². The van der Waals surface area contributed by atoms with Crippen molar-refractivity contribution in [2.24, 2.45) is 50.2 Å². The van der Waals surface area contributed by atoms with Crippen LogP contribution in [0.3, 0.4) is 0 Å². The second kappa shape index (κ2) is 16.3. The van der Waals surface area contributed by atoms with Crippen LogP contribution in [0.4, 0.5) is 0 Å². The lowest BCUT2D eigenvalue weighted by molar-refractivity contribution is -0.368. The Hall–Kier alpha value is -1.31. The molecule has 0 bridgehead atoms. The summed E-state index contributed by atoms with van der Waals surface area (Å²) in [5.74, 6) is -0.654. The van der Waals surface area contributed by atoms with E-state index in [4.69, 9.17) is 28.4 Å². The maximum absolute atomic E-state index is 12.1. The summed E-state index contributed by atoms with van der Waals surface area (Å²) in [4.78, 5) is 11.4. The normalized spacial score (nSPS) is 53.8. The Labute approximate surface area is 354 Å². The van der Waals surface area contributed by atoms with Gasteiger partial charge in [0, 0.05) is 30.8 Å². The van der Waals surface area contributed by atoms with E-state index in [1.807, 2.05) is 6.92 Å². The van der Waals surface area contributed by atoms with E-state index in [0.29, 0.717) is 19.3 Å². The van der Waals surface area contributed by atoms with Gasteiger partial charge >= 0.3 is 5.97 Å². The van der Waals surface area contributed by atoms with Gasteiger partial charge in [0.15, 0.2) is 12.6 Å². The first kappa shape index (κ1) is 46.7. The van der Waals surface area contributed by atoms with Gasteiger partial charge in [-0.25, -0.2) is 0 Å². The van der Waals surface area contributed by atoms with Gasteiger partial charge in [0.2, 0.25) is 0 Å². The number of methoxy groups -OCH3 is 1. The van der Waals surface area contributed by atoms with Crippen LogP contribution in [0.5, 0.6) is 0 Å². The number of hydrogen-bond acceptors (Lipinski definition) is 15. The summed E-state index contributed by atoms with van der Waals surface area (Å²) in [5, 5.41) is 89.4. The first-order chi connectivity index (χ1) is 28.0. The molecule has 4 saturated carbocycles. The molecule has 2 saturated heterocycles. The van der Waals surface area contributed by atoms with Crippen LogP contribution in [0.2, 0.25) is 0 Å². The lowest BCUT2D eigenvalue weighted by Crippen LogP contribution is -2.70. The minimum atomic E-state index is -1.77. The van der Waals surface area contributed by atoms with Crippen molar-refractivity contribution in [3.63, 3.8) is 0 Å². The maximum atomic E-state index is 12.1. The molecule has 7 rings (SSSR count). The third-order valence-electron chi connectivity index (χ3n) is 17.9. The molecule has 2 heterocycles. The molecule has 21 atom stereocenters. The molecule has 21 unspecified atom stereocenters. The molecule has 5 aliphatic carbocycles. The quantitative estimate of drug-likeness (QED) is 0.0941. The highest BCUT2D eigenvalue weighted by Gasteiger charge is 2.72. The molecule has 7 aliphatic rings. The number of ether oxygens (including phenoxy) is 6. The summed E-state index contributed by atoms with van der Waals surface area (Å²) in [5.41, 5.74) is -1.01. The molecule has 15 heteroatoms. The lowest BCUT2D eigenvalue weighted by Gasteiger charge is -2.73. The third-order valence-corrected chi connectivity index (χ3v) is 17.9. The molecule has 344 valence electrons. The van der Waals surface area contributed by atoms with Crippen molar-refractivity contribution in [2.75, 3.05) is 26.9 Å². The minimum Gasteiger partial charge on any atom is -0.463 e. The van der Waals surface area contributed by atoms with Gasteiger partial charge in [-0.1, -0.05) is 53.2 Å². The zero-order chi connectivity index (χ0) is 44.1. The molecule has 0 radical (unpaired) electrons. The van der Waals surface area contributed by atoms with Crippen molar-refractivity contribution in [2.45, 2.75) is 186 Å². The Morgan fingerprint density at radius 1 is 0.800 bits per heavy atom.